The minimum Gasteiger partial charge on any atom is -0.468 e. The van der Waals surface area contributed by atoms with Crippen LogP contribution in [-0.4, -0.2) is 34.8 Å². The first kappa shape index (κ1) is 18.0. The van der Waals surface area contributed by atoms with Crippen LogP contribution in [0.5, 0.6) is 0 Å². The van der Waals surface area contributed by atoms with Gasteiger partial charge in [-0.15, -0.1) is 0 Å². The third kappa shape index (κ3) is 2.86. The number of nitro benzene ring substituents is 1. The Morgan fingerprint density at radius 3 is 2.70 bits per heavy atom. The van der Waals surface area contributed by atoms with Gasteiger partial charge in [-0.25, -0.2) is 0 Å². The fraction of sp³-hybridized carbons (Fsp3) is 0.176. The Kier molecular flexibility index (Phi) is 4.32. The zero-order valence-electron chi connectivity index (χ0n) is 14.3. The minimum absolute atomic E-state index is 0.110. The third-order valence-corrected chi connectivity index (χ3v) is 4.34. The summed E-state index contributed by atoms with van der Waals surface area (Å²) in [4.78, 5) is 51.4. The molecule has 2 N–H and O–H groups in total. The number of aromatic nitrogens is 1. The lowest BCUT2D eigenvalue weighted by molar-refractivity contribution is -0.383. The van der Waals surface area contributed by atoms with Gasteiger partial charge in [-0.05, 0) is 25.1 Å². The zero-order valence-corrected chi connectivity index (χ0v) is 14.3. The number of esters is 1. The molecule has 2 heterocycles. The molecule has 0 aliphatic carbocycles. The number of pyridine rings is 1. The van der Waals surface area contributed by atoms with Crippen molar-refractivity contribution in [1.82, 2.24) is 4.98 Å². The van der Waals surface area contributed by atoms with Gasteiger partial charge >= 0.3 is 5.97 Å². The number of rotatable bonds is 4. The van der Waals surface area contributed by atoms with Gasteiger partial charge in [-0.1, -0.05) is 0 Å². The van der Waals surface area contributed by atoms with E-state index in [1.807, 2.05) is 0 Å². The van der Waals surface area contributed by atoms with Gasteiger partial charge in [0.2, 0.25) is 5.91 Å². The summed E-state index contributed by atoms with van der Waals surface area (Å²) in [5.74, 6) is -2.12. The topological polar surface area (TPSA) is 141 Å². The molecule has 0 saturated carbocycles. The quantitative estimate of drug-likeness (QED) is 0.360. The number of nitrogens with one attached hydrogen (secondary N) is 2. The lowest BCUT2D eigenvalue weighted by atomic mass is 9.83. The molecule has 27 heavy (non-hydrogen) atoms. The highest BCUT2D eigenvalue weighted by Gasteiger charge is 2.51. The maximum atomic E-state index is 12.4. The highest BCUT2D eigenvalue weighted by Crippen LogP contribution is 2.43. The number of carbonyl (C=O) groups is 3. The van der Waals surface area contributed by atoms with Crippen molar-refractivity contribution in [2.24, 2.45) is 0 Å². The van der Waals surface area contributed by atoms with E-state index in [1.54, 1.807) is 6.07 Å². The molecule has 2 aromatic rings. The van der Waals surface area contributed by atoms with Gasteiger partial charge in [0.1, 0.15) is 5.69 Å². The second-order valence-corrected chi connectivity index (χ2v) is 5.94. The average Bonchev–Trinajstić information content (AvgIpc) is 2.92. The van der Waals surface area contributed by atoms with Crippen LogP contribution in [0.1, 0.15) is 22.8 Å². The van der Waals surface area contributed by atoms with Gasteiger partial charge in [0.05, 0.1) is 23.3 Å². The number of carbonyl (C=O) groups excluding carboxylic acids is 3. The normalized spacial score (nSPS) is 17.6. The van der Waals surface area contributed by atoms with Gasteiger partial charge in [-0.3, -0.25) is 29.5 Å². The summed E-state index contributed by atoms with van der Waals surface area (Å²) in [5.41, 5.74) is -1.80. The molecular formula is C17H14N4O6. The summed E-state index contributed by atoms with van der Waals surface area (Å²) in [5, 5.41) is 16.3. The van der Waals surface area contributed by atoms with E-state index in [9.17, 15) is 24.5 Å². The van der Waals surface area contributed by atoms with E-state index in [-0.39, 0.29) is 22.5 Å². The number of anilines is 2. The second-order valence-electron chi connectivity index (χ2n) is 5.94. The summed E-state index contributed by atoms with van der Waals surface area (Å²) in [6, 6.07) is 5.37. The third-order valence-electron chi connectivity index (χ3n) is 4.34. The number of amides is 2. The number of nitrogens with zero attached hydrogens (tertiary/aromatic N) is 2. The van der Waals surface area contributed by atoms with Crippen molar-refractivity contribution in [3.63, 3.8) is 0 Å². The van der Waals surface area contributed by atoms with Crippen molar-refractivity contribution < 1.29 is 24.0 Å². The average molecular weight is 370 g/mol. The lowest BCUT2D eigenvalue weighted by Crippen LogP contribution is -2.40. The molecule has 1 atom stereocenters. The summed E-state index contributed by atoms with van der Waals surface area (Å²) >= 11 is 0. The highest BCUT2D eigenvalue weighted by atomic mass is 16.6. The molecule has 1 aromatic carbocycles. The summed E-state index contributed by atoms with van der Waals surface area (Å²) in [6.07, 6.45) is 2.78. The van der Waals surface area contributed by atoms with Crippen molar-refractivity contribution in [2.75, 3.05) is 17.7 Å². The molecule has 10 nitrogen and oxygen atoms in total. The number of nitro groups is 1. The summed E-state index contributed by atoms with van der Waals surface area (Å²) in [6.45, 7) is 1.35. The maximum absolute atomic E-state index is 12.4. The SMILES string of the molecule is COC(=O)C1(C)C(=O)Nc2cc([N+](=O)[O-])c(NC(=O)c3cccnc3)cc21. The van der Waals surface area contributed by atoms with Crippen LogP contribution in [0.2, 0.25) is 0 Å². The molecule has 3 rings (SSSR count). The van der Waals surface area contributed by atoms with E-state index in [2.05, 4.69) is 15.6 Å². The first-order valence-electron chi connectivity index (χ1n) is 7.73. The molecule has 138 valence electrons. The van der Waals surface area contributed by atoms with E-state index in [0.29, 0.717) is 0 Å². The van der Waals surface area contributed by atoms with Crippen molar-refractivity contribution in [3.8, 4) is 0 Å². The Labute approximate surface area is 152 Å². The molecule has 0 fully saturated rings. The fourth-order valence-corrected chi connectivity index (χ4v) is 2.82. The zero-order chi connectivity index (χ0) is 19.8. The van der Waals surface area contributed by atoms with Crippen LogP contribution in [-0.2, 0) is 19.7 Å². The van der Waals surface area contributed by atoms with Crippen LogP contribution in [0, 0.1) is 10.1 Å². The molecule has 1 aromatic heterocycles. The first-order valence-corrected chi connectivity index (χ1v) is 7.73. The molecule has 10 heteroatoms. The standard InChI is InChI=1S/C17H14N4O6/c1-17(16(24)27-2)10-6-12(19-14(22)9-4-3-5-18-8-9)13(21(25)26)7-11(10)20-15(17)23/h3-8H,1-2H3,(H,19,22)(H,20,23). The maximum Gasteiger partial charge on any atom is 0.325 e. The van der Waals surface area contributed by atoms with E-state index < -0.39 is 33.8 Å². The first-order chi connectivity index (χ1) is 12.8. The minimum atomic E-state index is -1.69. The molecule has 1 aliphatic rings. The predicted molar refractivity (Wildman–Crippen MR) is 93.3 cm³/mol. The number of hydrogen-bond donors (Lipinski definition) is 2. The monoisotopic (exact) mass is 370 g/mol. The molecule has 0 spiro atoms. The van der Waals surface area contributed by atoms with Crippen LogP contribution in [0.25, 0.3) is 0 Å². The van der Waals surface area contributed by atoms with Gasteiger partial charge in [0.15, 0.2) is 5.41 Å². The highest BCUT2D eigenvalue weighted by molar-refractivity contribution is 6.19. The Hall–Kier alpha value is -3.82. The van der Waals surface area contributed by atoms with Crippen LogP contribution in [0.3, 0.4) is 0 Å². The number of hydrogen-bond acceptors (Lipinski definition) is 7. The Balaban J connectivity index is 2.10. The van der Waals surface area contributed by atoms with E-state index >= 15 is 0 Å². The predicted octanol–water partition coefficient (Wildman–Crippen LogP) is 1.62. The van der Waals surface area contributed by atoms with Crippen LogP contribution in [0.4, 0.5) is 17.1 Å². The van der Waals surface area contributed by atoms with Gasteiger partial charge < -0.3 is 15.4 Å². The fourth-order valence-electron chi connectivity index (χ4n) is 2.82. The number of methoxy groups -OCH3 is 1. The van der Waals surface area contributed by atoms with Gasteiger partial charge in [0.25, 0.3) is 11.6 Å². The number of ether oxygens (including phenoxy) is 1. The van der Waals surface area contributed by atoms with Crippen LogP contribution < -0.4 is 10.6 Å². The smallest absolute Gasteiger partial charge is 0.325 e. The largest absolute Gasteiger partial charge is 0.468 e. The number of benzene rings is 1. The van der Waals surface area contributed by atoms with Crippen molar-refractivity contribution >= 4 is 34.8 Å². The molecule has 1 unspecified atom stereocenters. The van der Waals surface area contributed by atoms with E-state index in [4.69, 9.17) is 4.74 Å². The van der Waals surface area contributed by atoms with Crippen LogP contribution >= 0.6 is 0 Å². The molecular weight excluding hydrogens is 356 g/mol. The Bertz CT molecular complexity index is 975. The second kappa shape index (κ2) is 6.48. The Morgan fingerprint density at radius 2 is 2.11 bits per heavy atom. The Morgan fingerprint density at radius 1 is 1.37 bits per heavy atom. The van der Waals surface area contributed by atoms with Gasteiger partial charge in [0, 0.05) is 24.0 Å². The number of fused-ring (bicyclic) bond motifs is 1. The van der Waals surface area contributed by atoms with Crippen molar-refractivity contribution in [3.05, 3.63) is 57.9 Å². The lowest BCUT2D eigenvalue weighted by Gasteiger charge is -2.19. The van der Waals surface area contributed by atoms with E-state index in [0.717, 1.165) is 13.2 Å². The van der Waals surface area contributed by atoms with Gasteiger partial charge in [-0.2, -0.15) is 0 Å². The molecule has 2 amide bonds. The molecule has 0 bridgehead atoms. The van der Waals surface area contributed by atoms with Crippen molar-refractivity contribution in [1.29, 1.82) is 0 Å². The summed E-state index contributed by atoms with van der Waals surface area (Å²) in [7, 11) is 1.13. The molecule has 0 radical (unpaired) electrons. The molecule has 1 aliphatic heterocycles. The molecule has 0 saturated heterocycles. The van der Waals surface area contributed by atoms with E-state index in [1.165, 1.54) is 31.5 Å². The van der Waals surface area contributed by atoms with Crippen molar-refractivity contribution in [2.45, 2.75) is 12.3 Å². The summed E-state index contributed by atoms with van der Waals surface area (Å²) < 4.78 is 4.70. The van der Waals surface area contributed by atoms with Crippen LogP contribution in [0.15, 0.2) is 36.7 Å².